The smallest absolute Gasteiger partial charge is 0.194 e. The van der Waals surface area contributed by atoms with Crippen molar-refractivity contribution in [1.82, 2.24) is 5.01 Å². The number of fused-ring (bicyclic) bond motifs is 1. The molecule has 33 heavy (non-hydrogen) atoms. The Hall–Kier alpha value is -3.90. The van der Waals surface area contributed by atoms with Crippen molar-refractivity contribution in [2.24, 2.45) is 5.10 Å². The van der Waals surface area contributed by atoms with Crippen molar-refractivity contribution in [2.75, 3.05) is 12.4 Å². The van der Waals surface area contributed by atoms with Crippen LogP contribution in [0.2, 0.25) is 0 Å². The van der Waals surface area contributed by atoms with Crippen LogP contribution in [0.5, 0.6) is 11.5 Å². The zero-order valence-electron chi connectivity index (χ0n) is 18.1. The van der Waals surface area contributed by atoms with E-state index in [4.69, 9.17) is 22.1 Å². The molecule has 0 spiro atoms. The third kappa shape index (κ3) is 4.01. The van der Waals surface area contributed by atoms with Gasteiger partial charge in [0.1, 0.15) is 11.5 Å². The van der Waals surface area contributed by atoms with E-state index in [2.05, 4.69) is 23.5 Å². The number of nitrogens with zero attached hydrogens (tertiary/aromatic N) is 2. The second kappa shape index (κ2) is 8.92. The highest BCUT2D eigenvalue weighted by Gasteiger charge is 2.33. The van der Waals surface area contributed by atoms with Gasteiger partial charge in [-0.25, -0.2) is 5.01 Å². The summed E-state index contributed by atoms with van der Waals surface area (Å²) < 4.78 is 5.59. The van der Waals surface area contributed by atoms with Gasteiger partial charge >= 0.3 is 0 Å². The number of methoxy groups -OCH3 is 1. The van der Waals surface area contributed by atoms with E-state index in [0.29, 0.717) is 17.1 Å². The average molecular weight is 454 g/mol. The first kappa shape index (κ1) is 21.0. The van der Waals surface area contributed by atoms with Crippen molar-refractivity contribution in [3.05, 3.63) is 102 Å². The van der Waals surface area contributed by atoms with Gasteiger partial charge in [-0.15, -0.1) is 0 Å². The summed E-state index contributed by atoms with van der Waals surface area (Å²) in [6, 6.07) is 29.2. The van der Waals surface area contributed by atoms with Crippen molar-refractivity contribution in [3.63, 3.8) is 0 Å². The molecule has 1 aliphatic rings. The minimum absolute atomic E-state index is 0.140. The van der Waals surface area contributed by atoms with Crippen LogP contribution in [0.4, 0.5) is 5.69 Å². The molecule has 6 heteroatoms. The molecule has 1 heterocycles. The standard InChI is InChI=1S/C27H23N3O2S/c1-32-26-16-15-20(19-11-5-6-12-21(19)26)24-17-23(22-13-7-8-14-25(22)31)29-30(24)27(33)28-18-9-3-2-4-10-18/h2-16,24,31H,17H2,1H3,(H,28,33). The number of thiocarbonyl (C=S) groups is 1. The lowest BCUT2D eigenvalue weighted by Gasteiger charge is -2.26. The highest BCUT2D eigenvalue weighted by molar-refractivity contribution is 7.80. The monoisotopic (exact) mass is 453 g/mol. The van der Waals surface area contributed by atoms with Crippen molar-refractivity contribution >= 4 is 39.5 Å². The van der Waals surface area contributed by atoms with Gasteiger partial charge < -0.3 is 15.2 Å². The van der Waals surface area contributed by atoms with Gasteiger partial charge in [-0.1, -0.05) is 60.7 Å². The summed E-state index contributed by atoms with van der Waals surface area (Å²) >= 11 is 5.80. The molecule has 5 rings (SSSR count). The number of para-hydroxylation sites is 2. The van der Waals surface area contributed by atoms with Crippen LogP contribution in [-0.4, -0.2) is 28.0 Å². The Labute approximate surface area is 197 Å². The van der Waals surface area contributed by atoms with Crippen LogP contribution < -0.4 is 10.1 Å². The van der Waals surface area contributed by atoms with Crippen LogP contribution in [0.25, 0.3) is 10.8 Å². The summed E-state index contributed by atoms with van der Waals surface area (Å²) in [5.74, 6) is 1.03. The maximum absolute atomic E-state index is 10.5. The van der Waals surface area contributed by atoms with E-state index in [-0.39, 0.29) is 11.8 Å². The zero-order chi connectivity index (χ0) is 22.8. The summed E-state index contributed by atoms with van der Waals surface area (Å²) in [7, 11) is 1.68. The lowest BCUT2D eigenvalue weighted by Crippen LogP contribution is -2.31. The van der Waals surface area contributed by atoms with E-state index in [1.54, 1.807) is 13.2 Å². The number of nitrogens with one attached hydrogen (secondary N) is 1. The number of ether oxygens (including phenoxy) is 1. The molecule has 1 atom stereocenters. The molecule has 2 N–H and O–H groups in total. The summed E-state index contributed by atoms with van der Waals surface area (Å²) in [4.78, 5) is 0. The highest BCUT2D eigenvalue weighted by atomic mass is 32.1. The zero-order valence-corrected chi connectivity index (χ0v) is 18.9. The fourth-order valence-corrected chi connectivity index (χ4v) is 4.57. The third-order valence-corrected chi connectivity index (χ3v) is 6.14. The Morgan fingerprint density at radius 2 is 1.64 bits per heavy atom. The van der Waals surface area contributed by atoms with E-state index >= 15 is 0 Å². The Kier molecular flexibility index (Phi) is 5.67. The molecule has 4 aromatic carbocycles. The number of phenolic OH excluding ortho intramolecular Hbond substituents is 1. The lowest BCUT2D eigenvalue weighted by atomic mass is 9.93. The van der Waals surface area contributed by atoms with Gasteiger partial charge in [0, 0.05) is 23.1 Å². The maximum atomic E-state index is 10.5. The molecule has 0 bridgehead atoms. The molecule has 164 valence electrons. The van der Waals surface area contributed by atoms with E-state index in [0.717, 1.165) is 33.5 Å². The number of rotatable bonds is 4. The van der Waals surface area contributed by atoms with Crippen LogP contribution in [0.15, 0.2) is 96.1 Å². The van der Waals surface area contributed by atoms with Crippen LogP contribution in [0, 0.1) is 0 Å². The summed E-state index contributed by atoms with van der Waals surface area (Å²) in [5.41, 5.74) is 3.49. The fraction of sp³-hybridized carbons (Fsp3) is 0.111. The maximum Gasteiger partial charge on any atom is 0.194 e. The van der Waals surface area contributed by atoms with Gasteiger partial charge in [-0.05, 0) is 53.5 Å². The predicted molar refractivity (Wildman–Crippen MR) is 137 cm³/mol. The summed E-state index contributed by atoms with van der Waals surface area (Å²) in [5, 5.41) is 23.1. The molecule has 0 aliphatic carbocycles. The minimum atomic E-state index is -0.140. The molecule has 0 radical (unpaired) electrons. The van der Waals surface area contributed by atoms with Crippen molar-refractivity contribution in [2.45, 2.75) is 12.5 Å². The van der Waals surface area contributed by atoms with Gasteiger partial charge in [0.2, 0.25) is 0 Å². The molecule has 5 nitrogen and oxygen atoms in total. The van der Waals surface area contributed by atoms with Gasteiger partial charge in [0.15, 0.2) is 5.11 Å². The van der Waals surface area contributed by atoms with Gasteiger partial charge in [-0.2, -0.15) is 5.10 Å². The normalized spacial score (nSPS) is 15.4. The summed E-state index contributed by atoms with van der Waals surface area (Å²) in [6.45, 7) is 0. The average Bonchev–Trinajstić information content (AvgIpc) is 3.29. The molecule has 0 aromatic heterocycles. The minimum Gasteiger partial charge on any atom is -0.507 e. The molecule has 0 amide bonds. The highest BCUT2D eigenvalue weighted by Crippen LogP contribution is 2.40. The van der Waals surface area contributed by atoms with Gasteiger partial charge in [0.05, 0.1) is 18.9 Å². The van der Waals surface area contributed by atoms with E-state index in [1.807, 2.05) is 71.7 Å². The molecule has 0 saturated carbocycles. The topological polar surface area (TPSA) is 57.1 Å². The van der Waals surface area contributed by atoms with Gasteiger partial charge in [0.25, 0.3) is 0 Å². The quantitative estimate of drug-likeness (QED) is 0.366. The third-order valence-electron chi connectivity index (χ3n) is 5.86. The number of hydrogen-bond donors (Lipinski definition) is 2. The summed E-state index contributed by atoms with van der Waals surface area (Å²) in [6.07, 6.45) is 0.602. The Balaban J connectivity index is 1.59. The van der Waals surface area contributed by atoms with Crippen LogP contribution in [-0.2, 0) is 0 Å². The van der Waals surface area contributed by atoms with E-state index < -0.39 is 0 Å². The molecule has 1 aliphatic heterocycles. The Bertz CT molecular complexity index is 1350. The van der Waals surface area contributed by atoms with E-state index in [1.165, 1.54) is 0 Å². The first-order valence-corrected chi connectivity index (χ1v) is 11.1. The molecule has 4 aromatic rings. The lowest BCUT2D eigenvalue weighted by molar-refractivity contribution is 0.377. The first-order valence-electron chi connectivity index (χ1n) is 10.7. The number of hydrogen-bond acceptors (Lipinski definition) is 4. The van der Waals surface area contributed by atoms with Crippen molar-refractivity contribution in [3.8, 4) is 11.5 Å². The van der Waals surface area contributed by atoms with Crippen molar-refractivity contribution < 1.29 is 9.84 Å². The molecular formula is C27H23N3O2S. The molecular weight excluding hydrogens is 430 g/mol. The number of phenols is 1. The number of hydrazone groups is 1. The van der Waals surface area contributed by atoms with Gasteiger partial charge in [-0.3, -0.25) is 0 Å². The van der Waals surface area contributed by atoms with E-state index in [9.17, 15) is 5.11 Å². The first-order chi connectivity index (χ1) is 16.2. The Morgan fingerprint density at radius 3 is 2.39 bits per heavy atom. The van der Waals surface area contributed by atoms with Crippen LogP contribution in [0.1, 0.15) is 23.6 Å². The molecule has 1 unspecified atom stereocenters. The SMILES string of the molecule is COc1ccc(C2CC(c3ccccc3O)=NN2C(=S)Nc2ccccc2)c2ccccc12. The predicted octanol–water partition coefficient (Wildman–Crippen LogP) is 6.10. The number of aromatic hydroxyl groups is 1. The second-order valence-electron chi connectivity index (χ2n) is 7.83. The number of anilines is 1. The second-order valence-corrected chi connectivity index (χ2v) is 8.21. The van der Waals surface area contributed by atoms with Crippen molar-refractivity contribution in [1.29, 1.82) is 0 Å². The largest absolute Gasteiger partial charge is 0.507 e. The number of benzene rings is 4. The van der Waals surface area contributed by atoms with Crippen LogP contribution >= 0.6 is 12.2 Å². The molecule has 0 fully saturated rings. The fourth-order valence-electron chi connectivity index (χ4n) is 4.29. The Morgan fingerprint density at radius 1 is 0.939 bits per heavy atom. The molecule has 0 saturated heterocycles. The van der Waals surface area contributed by atoms with Crippen LogP contribution in [0.3, 0.4) is 0 Å².